The second kappa shape index (κ2) is 7.00. The third-order valence-corrected chi connectivity index (χ3v) is 4.04. The van der Waals surface area contributed by atoms with Gasteiger partial charge in [0.05, 0.1) is 6.21 Å². The number of anilines is 1. The number of halogens is 1. The number of rotatable bonds is 3. The van der Waals surface area contributed by atoms with Crippen LogP contribution in [0, 0.1) is 0 Å². The van der Waals surface area contributed by atoms with Gasteiger partial charge in [-0.3, -0.25) is 5.43 Å². The summed E-state index contributed by atoms with van der Waals surface area (Å²) in [5, 5.41) is 15.2. The average molecular weight is 361 g/mol. The van der Waals surface area contributed by atoms with Gasteiger partial charge in [0, 0.05) is 17.2 Å². The van der Waals surface area contributed by atoms with Gasteiger partial charge in [0.1, 0.15) is 17.2 Å². The highest BCUT2D eigenvalue weighted by Crippen LogP contribution is 2.37. The van der Waals surface area contributed by atoms with Crippen molar-refractivity contribution in [1.29, 1.82) is 0 Å². The van der Waals surface area contributed by atoms with Crippen LogP contribution in [0.2, 0.25) is 5.15 Å². The van der Waals surface area contributed by atoms with Crippen LogP contribution in [0.15, 0.2) is 29.6 Å². The average Bonchev–Trinajstić information content (AvgIpc) is 2.46. The number of nitrogens with zero attached hydrogens (tertiary/aromatic N) is 3. The van der Waals surface area contributed by atoms with E-state index in [4.69, 9.17) is 11.6 Å². The minimum atomic E-state index is -0.179. The fourth-order valence-electron chi connectivity index (χ4n) is 2.32. The van der Waals surface area contributed by atoms with Gasteiger partial charge in [0.25, 0.3) is 0 Å². The van der Waals surface area contributed by atoms with E-state index in [1.165, 1.54) is 6.33 Å². The van der Waals surface area contributed by atoms with E-state index >= 15 is 0 Å². The molecule has 6 heteroatoms. The van der Waals surface area contributed by atoms with Crippen LogP contribution in [-0.2, 0) is 10.8 Å². The third kappa shape index (κ3) is 4.92. The van der Waals surface area contributed by atoms with Crippen molar-refractivity contribution in [2.24, 2.45) is 5.10 Å². The fourth-order valence-corrected chi connectivity index (χ4v) is 2.47. The molecule has 1 aromatic heterocycles. The maximum absolute atomic E-state index is 10.7. The summed E-state index contributed by atoms with van der Waals surface area (Å²) in [6.07, 6.45) is 2.95. The van der Waals surface area contributed by atoms with E-state index in [1.54, 1.807) is 12.3 Å². The topological polar surface area (TPSA) is 70.4 Å². The molecule has 0 aliphatic rings. The highest BCUT2D eigenvalue weighted by molar-refractivity contribution is 6.29. The Morgan fingerprint density at radius 1 is 1.04 bits per heavy atom. The molecule has 25 heavy (non-hydrogen) atoms. The summed E-state index contributed by atoms with van der Waals surface area (Å²) in [6, 6.07) is 5.61. The normalized spacial score (nSPS) is 12.6. The van der Waals surface area contributed by atoms with E-state index in [9.17, 15) is 5.11 Å². The van der Waals surface area contributed by atoms with Gasteiger partial charge in [0.15, 0.2) is 5.82 Å². The van der Waals surface area contributed by atoms with Gasteiger partial charge in [-0.25, -0.2) is 9.97 Å². The van der Waals surface area contributed by atoms with Crippen LogP contribution >= 0.6 is 11.6 Å². The van der Waals surface area contributed by atoms with Crippen molar-refractivity contribution >= 4 is 23.6 Å². The van der Waals surface area contributed by atoms with Crippen LogP contribution in [0.1, 0.15) is 58.2 Å². The molecular formula is C19H25ClN4O. The largest absolute Gasteiger partial charge is 0.507 e. The molecule has 1 heterocycles. The SMILES string of the molecule is CC(C)(C)c1cc(/C=N/Nc2cc(Cl)ncn2)c(O)c(C(C)(C)C)c1. The highest BCUT2D eigenvalue weighted by atomic mass is 35.5. The predicted octanol–water partition coefficient (Wildman–Crippen LogP) is 4.88. The van der Waals surface area contributed by atoms with E-state index in [2.05, 4.69) is 68.1 Å². The van der Waals surface area contributed by atoms with Crippen molar-refractivity contribution in [3.63, 3.8) is 0 Å². The summed E-state index contributed by atoms with van der Waals surface area (Å²) in [5.41, 5.74) is 5.28. The van der Waals surface area contributed by atoms with Gasteiger partial charge in [-0.05, 0) is 22.5 Å². The molecule has 2 N–H and O–H groups in total. The molecule has 0 unspecified atom stereocenters. The number of benzene rings is 1. The summed E-state index contributed by atoms with van der Waals surface area (Å²) < 4.78 is 0. The Morgan fingerprint density at radius 2 is 1.72 bits per heavy atom. The molecule has 2 aromatic rings. The first-order valence-corrected chi connectivity index (χ1v) is 8.51. The molecule has 0 saturated heterocycles. The zero-order valence-electron chi connectivity index (χ0n) is 15.6. The van der Waals surface area contributed by atoms with Gasteiger partial charge in [-0.2, -0.15) is 5.10 Å². The first-order valence-electron chi connectivity index (χ1n) is 8.13. The smallest absolute Gasteiger partial charge is 0.151 e. The summed E-state index contributed by atoms with van der Waals surface area (Å²) >= 11 is 5.82. The van der Waals surface area contributed by atoms with Crippen LogP contribution in [0.3, 0.4) is 0 Å². The van der Waals surface area contributed by atoms with Crippen LogP contribution in [0.5, 0.6) is 5.75 Å². The number of hydrogen-bond acceptors (Lipinski definition) is 5. The van der Waals surface area contributed by atoms with Gasteiger partial charge in [0.2, 0.25) is 0 Å². The van der Waals surface area contributed by atoms with Crippen LogP contribution < -0.4 is 5.43 Å². The number of phenolic OH excluding ortho intramolecular Hbond substituents is 1. The molecule has 0 fully saturated rings. The minimum Gasteiger partial charge on any atom is -0.507 e. The van der Waals surface area contributed by atoms with Gasteiger partial charge < -0.3 is 5.11 Å². The highest BCUT2D eigenvalue weighted by Gasteiger charge is 2.24. The van der Waals surface area contributed by atoms with Crippen LogP contribution in [0.4, 0.5) is 5.82 Å². The molecule has 134 valence electrons. The predicted molar refractivity (Wildman–Crippen MR) is 104 cm³/mol. The Bertz CT molecular complexity index is 789. The van der Waals surface area contributed by atoms with E-state index in [-0.39, 0.29) is 16.6 Å². The lowest BCUT2D eigenvalue weighted by atomic mass is 9.79. The minimum absolute atomic E-state index is 0.0378. The number of phenols is 1. The van der Waals surface area contributed by atoms with E-state index < -0.39 is 0 Å². The second-order valence-corrected chi connectivity index (χ2v) is 8.44. The molecule has 1 aromatic carbocycles. The number of nitrogens with one attached hydrogen (secondary N) is 1. The number of hydrogen-bond donors (Lipinski definition) is 2. The molecule has 0 aliphatic carbocycles. The maximum atomic E-state index is 10.7. The van der Waals surface area contributed by atoms with E-state index in [0.29, 0.717) is 16.5 Å². The van der Waals surface area contributed by atoms with Crippen molar-refractivity contribution in [2.45, 2.75) is 52.4 Å². The van der Waals surface area contributed by atoms with Crippen LogP contribution in [-0.4, -0.2) is 21.3 Å². The zero-order valence-corrected chi connectivity index (χ0v) is 16.3. The Balaban J connectivity index is 2.40. The monoisotopic (exact) mass is 360 g/mol. The van der Waals surface area contributed by atoms with Crippen molar-refractivity contribution in [3.05, 3.63) is 46.4 Å². The lowest BCUT2D eigenvalue weighted by Crippen LogP contribution is -2.17. The van der Waals surface area contributed by atoms with Gasteiger partial charge >= 0.3 is 0 Å². The lowest BCUT2D eigenvalue weighted by Gasteiger charge is -2.26. The quantitative estimate of drug-likeness (QED) is 0.465. The molecule has 2 rings (SSSR count). The van der Waals surface area contributed by atoms with Gasteiger partial charge in [-0.1, -0.05) is 59.2 Å². The molecule has 0 bridgehead atoms. The first kappa shape index (κ1) is 19.2. The summed E-state index contributed by atoms with van der Waals surface area (Å²) in [6.45, 7) is 12.7. The summed E-state index contributed by atoms with van der Waals surface area (Å²) in [5.74, 6) is 0.727. The summed E-state index contributed by atoms with van der Waals surface area (Å²) in [4.78, 5) is 7.84. The Hall–Kier alpha value is -2.14. The molecule has 0 atom stereocenters. The first-order chi connectivity index (χ1) is 11.5. The molecule has 0 amide bonds. The molecule has 0 aliphatic heterocycles. The molecule has 0 spiro atoms. The molecular weight excluding hydrogens is 336 g/mol. The Labute approximate surface area is 154 Å². The van der Waals surface area contributed by atoms with Crippen molar-refractivity contribution in [1.82, 2.24) is 9.97 Å². The van der Waals surface area contributed by atoms with Crippen molar-refractivity contribution < 1.29 is 5.11 Å². The second-order valence-electron chi connectivity index (χ2n) is 8.06. The van der Waals surface area contributed by atoms with E-state index in [0.717, 1.165) is 11.1 Å². The fraction of sp³-hybridized carbons (Fsp3) is 0.421. The Kier molecular flexibility index (Phi) is 5.37. The molecule has 5 nitrogen and oxygen atoms in total. The number of aromatic nitrogens is 2. The standard InChI is InChI=1S/C19H25ClN4O/c1-18(2,3)13-7-12(17(25)14(8-13)19(4,5)6)10-23-24-16-9-15(20)21-11-22-16/h7-11,25H,1-6H3,(H,21,22,24)/b23-10+. The van der Waals surface area contributed by atoms with Crippen LogP contribution in [0.25, 0.3) is 0 Å². The van der Waals surface area contributed by atoms with E-state index in [1.807, 2.05) is 6.07 Å². The zero-order chi connectivity index (χ0) is 18.8. The number of hydrazone groups is 1. The van der Waals surface area contributed by atoms with Crippen molar-refractivity contribution in [2.75, 3.05) is 5.43 Å². The summed E-state index contributed by atoms with van der Waals surface area (Å²) in [7, 11) is 0. The van der Waals surface area contributed by atoms with Gasteiger partial charge in [-0.15, -0.1) is 0 Å². The number of aromatic hydroxyl groups is 1. The Morgan fingerprint density at radius 3 is 2.28 bits per heavy atom. The lowest BCUT2D eigenvalue weighted by molar-refractivity contribution is 0.444. The maximum Gasteiger partial charge on any atom is 0.151 e. The molecule has 0 saturated carbocycles. The third-order valence-electron chi connectivity index (χ3n) is 3.83. The van der Waals surface area contributed by atoms with Crippen molar-refractivity contribution in [3.8, 4) is 5.75 Å². The molecule has 0 radical (unpaired) electrons.